The SMILES string of the molecule is C=C/C(C)=C/C[C@]1(C)[C@H](C)[C@@H](O)[C@H](OC(=O)/C=C\C=C\CCCCC)[C@@]23C(=C[C@H](O)C[C@@H]12)[C@@H](OC(C)=O)O[C@H]3OC(C)=O. The molecule has 2 N–H and O–H groups in total. The molecule has 3 aliphatic rings. The number of hydrogen-bond donors (Lipinski definition) is 2. The number of allylic oxidation sites excluding steroid dienone is 6. The van der Waals surface area contributed by atoms with Crippen molar-refractivity contribution in [2.75, 3.05) is 0 Å². The molecule has 43 heavy (non-hydrogen) atoms. The van der Waals surface area contributed by atoms with Crippen molar-refractivity contribution in [3.63, 3.8) is 0 Å². The molecular weight excluding hydrogens is 552 g/mol. The van der Waals surface area contributed by atoms with Crippen LogP contribution in [0.25, 0.3) is 0 Å². The summed E-state index contributed by atoms with van der Waals surface area (Å²) in [5.74, 6) is -2.98. The molecule has 0 bridgehead atoms. The zero-order valence-electron chi connectivity index (χ0n) is 26.3. The van der Waals surface area contributed by atoms with E-state index in [0.29, 0.717) is 12.0 Å². The molecule has 1 spiro atoms. The molecule has 1 saturated heterocycles. The summed E-state index contributed by atoms with van der Waals surface area (Å²) in [5.41, 5.74) is -0.933. The number of unbranched alkanes of at least 4 members (excludes halogenated alkanes) is 3. The number of carbonyl (C=O) groups is 3. The third-order valence-corrected chi connectivity index (χ3v) is 9.38. The molecule has 1 heterocycles. The molecule has 1 aliphatic heterocycles. The second-order valence-corrected chi connectivity index (χ2v) is 12.2. The molecule has 0 aromatic heterocycles. The minimum absolute atomic E-state index is 0.205. The summed E-state index contributed by atoms with van der Waals surface area (Å²) >= 11 is 0. The summed E-state index contributed by atoms with van der Waals surface area (Å²) in [7, 11) is 0. The van der Waals surface area contributed by atoms with E-state index in [1.54, 1.807) is 18.2 Å². The summed E-state index contributed by atoms with van der Waals surface area (Å²) in [5, 5.41) is 23.1. The topological polar surface area (TPSA) is 129 Å². The lowest BCUT2D eigenvalue weighted by atomic mass is 9.44. The monoisotopic (exact) mass is 600 g/mol. The van der Waals surface area contributed by atoms with Gasteiger partial charge < -0.3 is 24.4 Å². The standard InChI is InChI=1S/C34H48O9/c1-8-10-11-12-13-14-15-16-28(38)42-30-29(39)22(4)33(7,18-17-21(3)9-2)27-20-25(37)19-26-31(40-23(5)35)43-32(34(26,27)30)41-24(6)36/h9,13-17,19,22,25,27,29-32,37,39H,2,8,10-12,18,20H2,1,3-7H3/b14-13+,16-15-,21-17+/t22-,25+,27+,29-,30+,31+,32-,33-,34-/m1/s1. The summed E-state index contributed by atoms with van der Waals surface area (Å²) < 4.78 is 23.4. The fourth-order valence-corrected chi connectivity index (χ4v) is 6.97. The highest BCUT2D eigenvalue weighted by atomic mass is 16.8. The number of rotatable bonds is 12. The third kappa shape index (κ3) is 7.21. The maximum absolute atomic E-state index is 13.2. The van der Waals surface area contributed by atoms with Gasteiger partial charge >= 0.3 is 17.9 Å². The minimum atomic E-state index is -1.46. The van der Waals surface area contributed by atoms with Gasteiger partial charge in [0.15, 0.2) is 0 Å². The lowest BCUT2D eigenvalue weighted by Gasteiger charge is -2.62. The van der Waals surface area contributed by atoms with E-state index in [-0.39, 0.29) is 6.42 Å². The van der Waals surface area contributed by atoms with Crippen LogP contribution >= 0.6 is 0 Å². The predicted molar refractivity (Wildman–Crippen MR) is 161 cm³/mol. The molecule has 9 nitrogen and oxygen atoms in total. The Morgan fingerprint density at radius 3 is 2.42 bits per heavy atom. The number of esters is 3. The average Bonchev–Trinajstić information content (AvgIpc) is 3.23. The van der Waals surface area contributed by atoms with Crippen LogP contribution in [0.15, 0.2) is 60.3 Å². The highest BCUT2D eigenvalue weighted by molar-refractivity contribution is 5.82. The molecular formula is C34H48O9. The molecule has 0 unspecified atom stereocenters. The van der Waals surface area contributed by atoms with E-state index in [4.69, 9.17) is 18.9 Å². The molecule has 2 aliphatic carbocycles. The third-order valence-electron chi connectivity index (χ3n) is 9.38. The van der Waals surface area contributed by atoms with Gasteiger partial charge in [-0.15, -0.1) is 0 Å². The second kappa shape index (κ2) is 14.6. The summed E-state index contributed by atoms with van der Waals surface area (Å²) in [4.78, 5) is 37.8. The quantitative estimate of drug-likeness (QED) is 0.0772. The Morgan fingerprint density at radius 2 is 1.79 bits per heavy atom. The predicted octanol–water partition coefficient (Wildman–Crippen LogP) is 5.23. The molecule has 9 atom stereocenters. The first-order valence-corrected chi connectivity index (χ1v) is 15.2. The van der Waals surface area contributed by atoms with E-state index in [9.17, 15) is 24.6 Å². The van der Waals surface area contributed by atoms with Crippen LogP contribution < -0.4 is 0 Å². The van der Waals surface area contributed by atoms with Crippen LogP contribution in [0.2, 0.25) is 0 Å². The molecule has 0 amide bonds. The Labute approximate surface area is 255 Å². The van der Waals surface area contributed by atoms with E-state index in [1.165, 1.54) is 26.0 Å². The Hall–Kier alpha value is -3.01. The van der Waals surface area contributed by atoms with Gasteiger partial charge in [-0.05, 0) is 55.9 Å². The van der Waals surface area contributed by atoms with Gasteiger partial charge in [-0.2, -0.15) is 0 Å². The van der Waals surface area contributed by atoms with Crippen LogP contribution in [0.4, 0.5) is 0 Å². The van der Waals surface area contributed by atoms with Gasteiger partial charge in [-0.25, -0.2) is 4.79 Å². The Balaban J connectivity index is 2.15. The molecule has 0 aromatic carbocycles. The van der Waals surface area contributed by atoms with Crippen LogP contribution in [0.5, 0.6) is 0 Å². The van der Waals surface area contributed by atoms with Crippen molar-refractivity contribution in [2.24, 2.45) is 22.7 Å². The summed E-state index contributed by atoms with van der Waals surface area (Å²) in [6.07, 6.45) is 10.6. The Bertz CT molecular complexity index is 1170. The number of carbonyl (C=O) groups excluding carboxylic acids is 3. The van der Waals surface area contributed by atoms with E-state index in [0.717, 1.165) is 31.3 Å². The number of aliphatic hydroxyl groups is 2. The lowest BCUT2D eigenvalue weighted by Crippen LogP contribution is -2.68. The number of ether oxygens (including phenoxy) is 4. The summed E-state index contributed by atoms with van der Waals surface area (Å²) in [6.45, 7) is 14.2. The largest absolute Gasteiger partial charge is 0.455 e. The van der Waals surface area contributed by atoms with Crippen molar-refractivity contribution >= 4 is 17.9 Å². The molecule has 0 radical (unpaired) electrons. The van der Waals surface area contributed by atoms with Crippen molar-refractivity contribution in [1.82, 2.24) is 0 Å². The van der Waals surface area contributed by atoms with Crippen molar-refractivity contribution in [3.8, 4) is 0 Å². The fraction of sp³-hybridized carbons (Fsp3) is 0.618. The van der Waals surface area contributed by atoms with Crippen molar-refractivity contribution in [3.05, 3.63) is 60.3 Å². The van der Waals surface area contributed by atoms with E-state index < -0.39 is 71.5 Å². The first-order chi connectivity index (χ1) is 20.3. The van der Waals surface area contributed by atoms with Gasteiger partial charge in [-0.1, -0.05) is 76.1 Å². The van der Waals surface area contributed by atoms with Crippen molar-refractivity contribution < 1.29 is 43.5 Å². The van der Waals surface area contributed by atoms with Crippen LogP contribution in [0, 0.1) is 22.7 Å². The zero-order chi connectivity index (χ0) is 31.9. The van der Waals surface area contributed by atoms with Gasteiger partial charge in [0.1, 0.15) is 11.5 Å². The van der Waals surface area contributed by atoms with Gasteiger partial charge in [0.2, 0.25) is 12.6 Å². The van der Waals surface area contributed by atoms with Crippen molar-refractivity contribution in [2.45, 2.75) is 111 Å². The maximum Gasteiger partial charge on any atom is 0.331 e. The number of aliphatic hydroxyl groups excluding tert-OH is 2. The lowest BCUT2D eigenvalue weighted by molar-refractivity contribution is -0.275. The molecule has 2 fully saturated rings. The van der Waals surface area contributed by atoms with E-state index in [1.807, 2.05) is 32.9 Å². The van der Waals surface area contributed by atoms with E-state index in [2.05, 4.69) is 13.5 Å². The minimum Gasteiger partial charge on any atom is -0.455 e. The maximum atomic E-state index is 13.2. The molecule has 0 aromatic rings. The smallest absolute Gasteiger partial charge is 0.331 e. The Morgan fingerprint density at radius 1 is 1.09 bits per heavy atom. The average molecular weight is 601 g/mol. The first kappa shape index (κ1) is 34.5. The first-order valence-electron chi connectivity index (χ1n) is 15.2. The Kier molecular flexibility index (Phi) is 11.7. The van der Waals surface area contributed by atoms with Crippen LogP contribution in [0.1, 0.15) is 80.1 Å². The second-order valence-electron chi connectivity index (χ2n) is 12.2. The zero-order valence-corrected chi connectivity index (χ0v) is 26.3. The highest BCUT2D eigenvalue weighted by Crippen LogP contribution is 2.67. The molecule has 9 heteroatoms. The number of hydrogen-bond acceptors (Lipinski definition) is 9. The van der Waals surface area contributed by atoms with Crippen LogP contribution in [-0.4, -0.2) is 59.0 Å². The summed E-state index contributed by atoms with van der Waals surface area (Å²) in [6, 6.07) is 0. The molecule has 1 saturated carbocycles. The van der Waals surface area contributed by atoms with Crippen molar-refractivity contribution in [1.29, 1.82) is 0 Å². The van der Waals surface area contributed by atoms with Crippen LogP contribution in [0.3, 0.4) is 0 Å². The molecule has 238 valence electrons. The van der Waals surface area contributed by atoms with Gasteiger partial charge in [0.05, 0.1) is 12.2 Å². The van der Waals surface area contributed by atoms with Gasteiger partial charge in [0, 0.05) is 25.5 Å². The van der Waals surface area contributed by atoms with Gasteiger partial charge in [-0.3, -0.25) is 14.3 Å². The van der Waals surface area contributed by atoms with Crippen LogP contribution in [-0.2, 0) is 33.3 Å². The highest BCUT2D eigenvalue weighted by Gasteiger charge is 2.74. The fourth-order valence-electron chi connectivity index (χ4n) is 6.97. The van der Waals surface area contributed by atoms with Gasteiger partial charge in [0.25, 0.3) is 0 Å². The normalized spacial score (nSPS) is 35.7. The van der Waals surface area contributed by atoms with E-state index >= 15 is 0 Å². The molecule has 3 rings (SSSR count).